The predicted octanol–water partition coefficient (Wildman–Crippen LogP) is 2.91. The molecule has 6 nitrogen and oxygen atoms in total. The molecular formula is C12H18ClN2O4P. The highest BCUT2D eigenvalue weighted by atomic mass is 35.5. The van der Waals surface area contributed by atoms with Crippen molar-refractivity contribution in [2.24, 2.45) is 0 Å². The van der Waals surface area contributed by atoms with Crippen LogP contribution < -0.4 is 10.8 Å². The SMILES string of the molecule is CCc1cc(Cl)c(NP(C)(=O)OCC(=O)OC)cc1N. The summed E-state index contributed by atoms with van der Waals surface area (Å²) >= 11 is 6.09. The van der Waals surface area contributed by atoms with Crippen LogP contribution in [-0.2, 0) is 25.0 Å². The zero-order valence-corrected chi connectivity index (χ0v) is 13.3. The number of halogens is 1. The maximum Gasteiger partial charge on any atom is 0.332 e. The minimum absolute atomic E-state index is 0.389. The standard InChI is InChI=1S/C12H18ClN2O4P/c1-4-8-5-9(13)11(6-10(8)14)15-20(3,17)19-7-12(16)18-2/h5-6H,4,7,14H2,1-3H3,(H,15,17). The van der Waals surface area contributed by atoms with Crippen LogP contribution in [0.2, 0.25) is 5.02 Å². The summed E-state index contributed by atoms with van der Waals surface area (Å²) in [5, 5.41) is 3.06. The number of nitrogens with one attached hydrogen (secondary N) is 1. The molecule has 0 aromatic heterocycles. The van der Waals surface area contributed by atoms with Gasteiger partial charge in [0, 0.05) is 12.4 Å². The zero-order valence-electron chi connectivity index (χ0n) is 11.6. The van der Waals surface area contributed by atoms with Gasteiger partial charge in [-0.05, 0) is 24.1 Å². The first-order chi connectivity index (χ1) is 9.29. The van der Waals surface area contributed by atoms with Crippen molar-refractivity contribution < 1.29 is 18.6 Å². The minimum atomic E-state index is -3.24. The number of rotatable bonds is 6. The van der Waals surface area contributed by atoms with Crippen molar-refractivity contribution in [3.8, 4) is 0 Å². The van der Waals surface area contributed by atoms with E-state index in [-0.39, 0.29) is 0 Å². The molecule has 0 amide bonds. The van der Waals surface area contributed by atoms with Crippen LogP contribution in [0.4, 0.5) is 11.4 Å². The number of hydrogen-bond donors (Lipinski definition) is 2. The van der Waals surface area contributed by atoms with Gasteiger partial charge in [-0.1, -0.05) is 18.5 Å². The number of anilines is 2. The van der Waals surface area contributed by atoms with Gasteiger partial charge in [0.2, 0.25) is 0 Å². The molecule has 0 aliphatic rings. The van der Waals surface area contributed by atoms with Crippen LogP contribution in [0.15, 0.2) is 12.1 Å². The second-order valence-corrected chi connectivity index (χ2v) is 6.77. The van der Waals surface area contributed by atoms with Crippen molar-refractivity contribution >= 4 is 36.5 Å². The van der Waals surface area contributed by atoms with Gasteiger partial charge in [-0.3, -0.25) is 4.57 Å². The Kier molecular flexibility index (Phi) is 5.87. The Hall–Kier alpha value is -1.23. The largest absolute Gasteiger partial charge is 0.467 e. The molecule has 0 saturated heterocycles. The Balaban J connectivity index is 2.84. The second kappa shape index (κ2) is 6.97. The lowest BCUT2D eigenvalue weighted by molar-refractivity contribution is -0.142. The first kappa shape index (κ1) is 16.8. The number of hydrogen-bond acceptors (Lipinski definition) is 5. The molecule has 0 radical (unpaired) electrons. The van der Waals surface area contributed by atoms with Crippen molar-refractivity contribution in [2.75, 3.05) is 31.2 Å². The van der Waals surface area contributed by atoms with Crippen LogP contribution in [-0.4, -0.2) is 26.4 Å². The van der Waals surface area contributed by atoms with E-state index >= 15 is 0 Å². The Morgan fingerprint density at radius 3 is 2.70 bits per heavy atom. The summed E-state index contributed by atoms with van der Waals surface area (Å²) in [6.45, 7) is 2.90. The smallest absolute Gasteiger partial charge is 0.332 e. The third kappa shape index (κ3) is 4.71. The van der Waals surface area contributed by atoms with E-state index in [1.165, 1.54) is 13.8 Å². The molecule has 0 fully saturated rings. The van der Waals surface area contributed by atoms with Gasteiger partial charge in [-0.25, -0.2) is 4.79 Å². The molecule has 0 saturated carbocycles. The highest BCUT2D eigenvalue weighted by Gasteiger charge is 2.20. The van der Waals surface area contributed by atoms with E-state index in [0.29, 0.717) is 16.4 Å². The average molecular weight is 321 g/mol. The van der Waals surface area contributed by atoms with Gasteiger partial charge >= 0.3 is 5.97 Å². The van der Waals surface area contributed by atoms with E-state index in [9.17, 15) is 9.36 Å². The number of methoxy groups -OCH3 is 1. The highest BCUT2D eigenvalue weighted by Crippen LogP contribution is 2.45. The quantitative estimate of drug-likeness (QED) is 0.476. The summed E-state index contributed by atoms with van der Waals surface area (Å²) in [4.78, 5) is 11.0. The first-order valence-electron chi connectivity index (χ1n) is 5.94. The summed E-state index contributed by atoms with van der Waals surface area (Å²) in [5.41, 5.74) is 7.71. The molecule has 1 atom stereocenters. The lowest BCUT2D eigenvalue weighted by Gasteiger charge is -2.18. The first-order valence-corrected chi connectivity index (χ1v) is 8.39. The molecule has 0 bridgehead atoms. The van der Waals surface area contributed by atoms with Gasteiger partial charge in [-0.15, -0.1) is 0 Å². The van der Waals surface area contributed by atoms with Gasteiger partial charge in [0.15, 0.2) is 6.61 Å². The molecule has 8 heteroatoms. The second-order valence-electron chi connectivity index (χ2n) is 4.19. The number of aryl methyl sites for hydroxylation is 1. The van der Waals surface area contributed by atoms with Crippen LogP contribution >= 0.6 is 19.1 Å². The lowest BCUT2D eigenvalue weighted by Crippen LogP contribution is -2.11. The summed E-state index contributed by atoms with van der Waals surface area (Å²) < 4.78 is 21.6. The highest BCUT2D eigenvalue weighted by molar-refractivity contribution is 7.59. The van der Waals surface area contributed by atoms with E-state index in [1.807, 2.05) is 6.92 Å². The Bertz CT molecular complexity index is 551. The molecular weight excluding hydrogens is 303 g/mol. The topological polar surface area (TPSA) is 90.6 Å². The molecule has 1 aromatic rings. The fourth-order valence-corrected chi connectivity index (χ4v) is 2.85. The Labute approximate surface area is 123 Å². The van der Waals surface area contributed by atoms with Crippen LogP contribution in [0.25, 0.3) is 0 Å². The summed E-state index contributed by atoms with van der Waals surface area (Å²) in [6.07, 6.45) is 0.745. The van der Waals surface area contributed by atoms with Crippen LogP contribution in [0.3, 0.4) is 0 Å². The number of ether oxygens (including phenoxy) is 1. The molecule has 1 rings (SSSR count). The van der Waals surface area contributed by atoms with E-state index in [0.717, 1.165) is 12.0 Å². The van der Waals surface area contributed by atoms with E-state index in [4.69, 9.17) is 21.9 Å². The maximum atomic E-state index is 12.2. The number of nitrogen functional groups attached to an aromatic ring is 1. The molecule has 1 unspecified atom stereocenters. The summed E-state index contributed by atoms with van der Waals surface area (Å²) in [5.74, 6) is -0.610. The Morgan fingerprint density at radius 1 is 1.50 bits per heavy atom. The molecule has 20 heavy (non-hydrogen) atoms. The lowest BCUT2D eigenvalue weighted by atomic mass is 10.1. The van der Waals surface area contributed by atoms with E-state index in [2.05, 4.69) is 9.82 Å². The van der Waals surface area contributed by atoms with Gasteiger partial charge in [0.1, 0.15) is 0 Å². The van der Waals surface area contributed by atoms with Crippen LogP contribution in [0.1, 0.15) is 12.5 Å². The molecule has 0 aliphatic heterocycles. The van der Waals surface area contributed by atoms with Gasteiger partial charge < -0.3 is 20.1 Å². The number of nitrogens with two attached hydrogens (primary N) is 1. The molecule has 3 N–H and O–H groups in total. The van der Waals surface area contributed by atoms with Gasteiger partial charge in [-0.2, -0.15) is 0 Å². The van der Waals surface area contributed by atoms with Gasteiger partial charge in [0.05, 0.1) is 17.8 Å². The maximum absolute atomic E-state index is 12.2. The fourth-order valence-electron chi connectivity index (χ4n) is 1.51. The molecule has 0 heterocycles. The van der Waals surface area contributed by atoms with Gasteiger partial charge in [0.25, 0.3) is 7.52 Å². The molecule has 0 spiro atoms. The van der Waals surface area contributed by atoms with Crippen molar-refractivity contribution in [2.45, 2.75) is 13.3 Å². The van der Waals surface area contributed by atoms with Crippen molar-refractivity contribution in [1.29, 1.82) is 0 Å². The monoisotopic (exact) mass is 320 g/mol. The number of carbonyl (C=O) groups is 1. The zero-order chi connectivity index (χ0) is 15.3. The van der Waals surface area contributed by atoms with Crippen LogP contribution in [0.5, 0.6) is 0 Å². The third-order valence-electron chi connectivity index (χ3n) is 2.59. The van der Waals surface area contributed by atoms with Crippen molar-refractivity contribution in [3.63, 3.8) is 0 Å². The van der Waals surface area contributed by atoms with Crippen LogP contribution in [0, 0.1) is 0 Å². The summed E-state index contributed by atoms with van der Waals surface area (Å²) in [6, 6.07) is 3.30. The van der Waals surface area contributed by atoms with E-state index < -0.39 is 20.1 Å². The Morgan fingerprint density at radius 2 is 2.15 bits per heavy atom. The molecule has 0 aliphatic carbocycles. The summed E-state index contributed by atoms with van der Waals surface area (Å²) in [7, 11) is -2.02. The molecule has 1 aromatic carbocycles. The normalized spacial score (nSPS) is 13.6. The number of esters is 1. The van der Waals surface area contributed by atoms with Crippen molar-refractivity contribution in [1.82, 2.24) is 0 Å². The average Bonchev–Trinajstić information content (AvgIpc) is 2.39. The van der Waals surface area contributed by atoms with E-state index in [1.54, 1.807) is 12.1 Å². The predicted molar refractivity (Wildman–Crippen MR) is 80.4 cm³/mol. The minimum Gasteiger partial charge on any atom is -0.467 e. The number of benzene rings is 1. The van der Waals surface area contributed by atoms with Crippen molar-refractivity contribution in [3.05, 3.63) is 22.7 Å². The number of carbonyl (C=O) groups excluding carboxylic acids is 1. The third-order valence-corrected chi connectivity index (χ3v) is 4.17. The molecule has 112 valence electrons. The fraction of sp³-hybridized carbons (Fsp3) is 0.417.